The van der Waals surface area contributed by atoms with Crippen LogP contribution in [-0.2, 0) is 0 Å². The molecule has 2 saturated heterocycles. The SMILES string of the molecule is CC1C2CC(C2)N(C(=O)c2cc(Cl)ccc2-n2nccn2)C1CN. The fourth-order valence-electron chi connectivity index (χ4n) is 4.10. The second-order valence-electron chi connectivity index (χ2n) is 6.74. The van der Waals surface area contributed by atoms with Crippen LogP contribution in [0.15, 0.2) is 30.6 Å². The van der Waals surface area contributed by atoms with E-state index in [4.69, 9.17) is 17.3 Å². The highest BCUT2D eigenvalue weighted by molar-refractivity contribution is 6.31. The Hall–Kier alpha value is -1.92. The smallest absolute Gasteiger partial charge is 0.256 e. The fourth-order valence-corrected chi connectivity index (χ4v) is 4.27. The summed E-state index contributed by atoms with van der Waals surface area (Å²) in [5.41, 5.74) is 7.16. The van der Waals surface area contributed by atoms with E-state index in [9.17, 15) is 4.79 Å². The number of rotatable bonds is 3. The monoisotopic (exact) mass is 345 g/mol. The van der Waals surface area contributed by atoms with Gasteiger partial charge in [0.05, 0.1) is 23.6 Å². The number of fused-ring (bicyclic) bond motifs is 2. The fraction of sp³-hybridized carbons (Fsp3) is 0.471. The van der Waals surface area contributed by atoms with Crippen molar-refractivity contribution in [3.8, 4) is 5.69 Å². The summed E-state index contributed by atoms with van der Waals surface area (Å²) in [6.45, 7) is 2.68. The third kappa shape index (κ3) is 2.32. The van der Waals surface area contributed by atoms with E-state index in [1.165, 1.54) is 4.80 Å². The molecule has 0 radical (unpaired) electrons. The molecule has 1 aliphatic carbocycles. The van der Waals surface area contributed by atoms with Gasteiger partial charge in [-0.15, -0.1) is 0 Å². The summed E-state index contributed by atoms with van der Waals surface area (Å²) in [5.74, 6) is 1.09. The highest BCUT2D eigenvalue weighted by Gasteiger charge is 2.50. The number of benzene rings is 1. The first-order valence-electron chi connectivity index (χ1n) is 8.29. The first-order chi connectivity index (χ1) is 11.6. The van der Waals surface area contributed by atoms with Gasteiger partial charge in [0, 0.05) is 23.7 Å². The van der Waals surface area contributed by atoms with Crippen LogP contribution in [0.4, 0.5) is 0 Å². The van der Waals surface area contributed by atoms with E-state index in [0.717, 1.165) is 12.8 Å². The van der Waals surface area contributed by atoms with Gasteiger partial charge in [-0.3, -0.25) is 4.79 Å². The first kappa shape index (κ1) is 15.6. The first-order valence-corrected chi connectivity index (χ1v) is 8.67. The van der Waals surface area contributed by atoms with Crippen LogP contribution in [0.3, 0.4) is 0 Å². The largest absolute Gasteiger partial charge is 0.331 e. The molecule has 2 bridgehead atoms. The van der Waals surface area contributed by atoms with Gasteiger partial charge in [0.25, 0.3) is 5.91 Å². The minimum atomic E-state index is -0.0322. The number of hydrogen-bond donors (Lipinski definition) is 1. The number of piperidine rings is 2. The molecule has 2 aliphatic heterocycles. The summed E-state index contributed by atoms with van der Waals surface area (Å²) in [6.07, 6.45) is 5.31. The summed E-state index contributed by atoms with van der Waals surface area (Å²) < 4.78 is 0. The van der Waals surface area contributed by atoms with E-state index in [2.05, 4.69) is 17.1 Å². The van der Waals surface area contributed by atoms with Crippen LogP contribution in [0.1, 0.15) is 30.1 Å². The molecule has 5 rings (SSSR count). The Balaban J connectivity index is 1.75. The lowest BCUT2D eigenvalue weighted by Crippen LogP contribution is -2.64. The molecule has 2 atom stereocenters. The molecule has 126 valence electrons. The molecule has 7 heteroatoms. The predicted molar refractivity (Wildman–Crippen MR) is 91.1 cm³/mol. The van der Waals surface area contributed by atoms with Crippen LogP contribution in [-0.4, -0.2) is 44.4 Å². The van der Waals surface area contributed by atoms with Gasteiger partial charge in [-0.25, -0.2) is 0 Å². The maximum absolute atomic E-state index is 13.4. The minimum absolute atomic E-state index is 0.0322. The lowest BCUT2D eigenvalue weighted by atomic mass is 9.64. The van der Waals surface area contributed by atoms with Gasteiger partial charge >= 0.3 is 0 Å². The summed E-state index contributed by atoms with van der Waals surface area (Å²) >= 11 is 6.16. The Morgan fingerprint density at radius 3 is 2.71 bits per heavy atom. The number of carbonyl (C=O) groups excluding carboxylic acids is 1. The Bertz CT molecular complexity index is 756. The number of hydrogen-bond acceptors (Lipinski definition) is 4. The molecule has 1 saturated carbocycles. The van der Waals surface area contributed by atoms with Crippen molar-refractivity contribution in [3.05, 3.63) is 41.2 Å². The Kier molecular flexibility index (Phi) is 3.81. The maximum Gasteiger partial charge on any atom is 0.256 e. The molecule has 2 aromatic rings. The van der Waals surface area contributed by atoms with Crippen LogP contribution in [0.5, 0.6) is 0 Å². The number of halogens is 1. The van der Waals surface area contributed by atoms with Crippen molar-refractivity contribution in [2.75, 3.05) is 6.54 Å². The highest BCUT2D eigenvalue weighted by atomic mass is 35.5. The van der Waals surface area contributed by atoms with Crippen LogP contribution in [0.25, 0.3) is 5.69 Å². The van der Waals surface area contributed by atoms with Crippen molar-refractivity contribution in [2.24, 2.45) is 17.6 Å². The zero-order valence-corrected chi connectivity index (χ0v) is 14.2. The normalized spacial score (nSPS) is 28.5. The van der Waals surface area contributed by atoms with Crippen molar-refractivity contribution in [3.63, 3.8) is 0 Å². The van der Waals surface area contributed by atoms with E-state index >= 15 is 0 Å². The summed E-state index contributed by atoms with van der Waals surface area (Å²) in [7, 11) is 0. The molecular formula is C17H20ClN5O. The van der Waals surface area contributed by atoms with E-state index in [1.54, 1.807) is 30.6 Å². The number of carbonyl (C=O) groups is 1. The molecule has 2 unspecified atom stereocenters. The van der Waals surface area contributed by atoms with Gasteiger partial charge in [0.1, 0.15) is 0 Å². The maximum atomic E-state index is 13.4. The Morgan fingerprint density at radius 1 is 1.33 bits per heavy atom. The Labute approximate surface area is 145 Å². The molecule has 0 spiro atoms. The summed E-state index contributed by atoms with van der Waals surface area (Å²) in [4.78, 5) is 16.8. The van der Waals surface area contributed by atoms with E-state index in [0.29, 0.717) is 34.7 Å². The van der Waals surface area contributed by atoms with Crippen molar-refractivity contribution in [1.29, 1.82) is 0 Å². The lowest BCUT2D eigenvalue weighted by molar-refractivity contribution is -0.0514. The Morgan fingerprint density at radius 2 is 2.04 bits per heavy atom. The van der Waals surface area contributed by atoms with Gasteiger partial charge in [-0.05, 0) is 42.9 Å². The average molecular weight is 346 g/mol. The van der Waals surface area contributed by atoms with Crippen molar-refractivity contribution in [2.45, 2.75) is 31.8 Å². The minimum Gasteiger partial charge on any atom is -0.331 e. The van der Waals surface area contributed by atoms with Gasteiger partial charge in [0.2, 0.25) is 0 Å². The van der Waals surface area contributed by atoms with E-state index < -0.39 is 0 Å². The average Bonchev–Trinajstić information content (AvgIpc) is 3.06. The van der Waals surface area contributed by atoms with Crippen LogP contribution in [0, 0.1) is 11.8 Å². The van der Waals surface area contributed by atoms with E-state index in [1.807, 2.05) is 4.90 Å². The molecule has 1 aromatic heterocycles. The highest BCUT2D eigenvalue weighted by Crippen LogP contribution is 2.46. The number of nitrogens with two attached hydrogens (primary N) is 1. The summed E-state index contributed by atoms with van der Waals surface area (Å²) in [6, 6.07) is 5.59. The molecular weight excluding hydrogens is 326 g/mol. The lowest BCUT2D eigenvalue weighted by Gasteiger charge is -2.57. The quantitative estimate of drug-likeness (QED) is 0.924. The molecule has 24 heavy (non-hydrogen) atoms. The van der Waals surface area contributed by atoms with Crippen LogP contribution >= 0.6 is 11.6 Å². The van der Waals surface area contributed by atoms with Crippen molar-refractivity contribution >= 4 is 17.5 Å². The second-order valence-corrected chi connectivity index (χ2v) is 7.18. The number of aromatic nitrogens is 3. The molecule has 3 fully saturated rings. The van der Waals surface area contributed by atoms with Crippen LogP contribution < -0.4 is 5.73 Å². The molecule has 1 aromatic carbocycles. The standard InChI is InChI=1S/C17H20ClN5O/c1-10-11-6-13(7-11)22(16(10)9-19)17(24)14-8-12(18)2-3-15(14)23-20-4-5-21-23/h2-5,8,10-11,13,16H,6-7,9,19H2,1H3. The van der Waals surface area contributed by atoms with Gasteiger partial charge in [-0.2, -0.15) is 15.0 Å². The van der Waals surface area contributed by atoms with Crippen molar-refractivity contribution < 1.29 is 4.79 Å². The third-order valence-electron chi connectivity index (χ3n) is 5.55. The molecule has 3 aliphatic rings. The van der Waals surface area contributed by atoms with Gasteiger partial charge < -0.3 is 10.6 Å². The number of amides is 1. The third-order valence-corrected chi connectivity index (χ3v) is 5.79. The molecule has 6 nitrogen and oxygen atoms in total. The summed E-state index contributed by atoms with van der Waals surface area (Å²) in [5, 5.41) is 8.83. The molecule has 2 N–H and O–H groups in total. The van der Waals surface area contributed by atoms with Crippen molar-refractivity contribution in [1.82, 2.24) is 19.9 Å². The predicted octanol–water partition coefficient (Wildman–Crippen LogP) is 2.12. The zero-order valence-electron chi connectivity index (χ0n) is 13.5. The number of nitrogens with zero attached hydrogens (tertiary/aromatic N) is 4. The topological polar surface area (TPSA) is 77.0 Å². The van der Waals surface area contributed by atoms with Crippen LogP contribution in [0.2, 0.25) is 5.02 Å². The van der Waals surface area contributed by atoms with Gasteiger partial charge in [0.15, 0.2) is 0 Å². The molecule has 1 amide bonds. The molecule has 3 heterocycles. The van der Waals surface area contributed by atoms with Gasteiger partial charge in [-0.1, -0.05) is 18.5 Å². The second kappa shape index (κ2) is 5.86. The zero-order chi connectivity index (χ0) is 16.8. The van der Waals surface area contributed by atoms with E-state index in [-0.39, 0.29) is 18.0 Å².